The molecular formula is C33H50N2O3. The van der Waals surface area contributed by atoms with E-state index in [1.807, 2.05) is 24.3 Å². The third-order valence-corrected chi connectivity index (χ3v) is 8.36. The van der Waals surface area contributed by atoms with E-state index in [9.17, 15) is 0 Å². The Bertz CT molecular complexity index is 891. The van der Waals surface area contributed by atoms with Crippen LogP contribution in [0.2, 0.25) is 0 Å². The predicted octanol–water partition coefficient (Wildman–Crippen LogP) is 9.36. The normalized spacial score (nSPS) is 19.4. The number of para-hydroxylation sites is 1. The number of nitrogens with zero attached hydrogens (tertiary/aromatic N) is 2. The Morgan fingerprint density at radius 3 is 2.03 bits per heavy atom. The first-order valence-electron chi connectivity index (χ1n) is 15.7. The first-order chi connectivity index (χ1) is 18.8. The minimum Gasteiger partial charge on any atom is -0.490 e. The van der Waals surface area contributed by atoms with E-state index in [4.69, 9.17) is 14.5 Å². The van der Waals surface area contributed by atoms with Gasteiger partial charge < -0.3 is 9.62 Å². The molecule has 0 aliphatic heterocycles. The van der Waals surface area contributed by atoms with Gasteiger partial charge in [0.1, 0.15) is 0 Å². The van der Waals surface area contributed by atoms with Crippen LogP contribution < -0.4 is 9.62 Å². The summed E-state index contributed by atoms with van der Waals surface area (Å²) in [6.07, 6.45) is 26.4. The molecule has 1 aromatic carbocycles. The summed E-state index contributed by atoms with van der Waals surface area (Å²) in [5.41, 5.74) is 0.834. The van der Waals surface area contributed by atoms with E-state index in [1.54, 1.807) is 12.4 Å². The summed E-state index contributed by atoms with van der Waals surface area (Å²) in [4.78, 5) is 20.6. The molecule has 5 heteroatoms. The van der Waals surface area contributed by atoms with Gasteiger partial charge >= 0.3 is 0 Å². The Morgan fingerprint density at radius 2 is 1.32 bits per heavy atom. The molecule has 0 atom stereocenters. The van der Waals surface area contributed by atoms with Crippen molar-refractivity contribution in [3.63, 3.8) is 0 Å². The van der Waals surface area contributed by atoms with E-state index in [0.717, 1.165) is 36.2 Å². The van der Waals surface area contributed by atoms with E-state index in [2.05, 4.69) is 16.9 Å². The van der Waals surface area contributed by atoms with Crippen molar-refractivity contribution < 1.29 is 14.5 Å². The Labute approximate surface area is 231 Å². The van der Waals surface area contributed by atoms with Crippen molar-refractivity contribution >= 4 is 0 Å². The molecule has 1 aromatic heterocycles. The molecule has 5 nitrogen and oxygen atoms in total. The van der Waals surface area contributed by atoms with Crippen LogP contribution in [0.3, 0.4) is 0 Å². The Morgan fingerprint density at radius 1 is 0.711 bits per heavy atom. The van der Waals surface area contributed by atoms with Crippen LogP contribution in [0.25, 0.3) is 11.4 Å². The predicted molar refractivity (Wildman–Crippen MR) is 154 cm³/mol. The average Bonchev–Trinajstić information content (AvgIpc) is 3.78. The highest BCUT2D eigenvalue weighted by molar-refractivity contribution is 5.63. The SMILES string of the molecule is CCCCCC1CCC(COOc2ccccc2-c2ncc(OCCCCCCCCC3CC3)cn2)CC1. The van der Waals surface area contributed by atoms with Crippen LogP contribution in [-0.2, 0) is 4.89 Å². The third kappa shape index (κ3) is 10.6. The molecule has 0 amide bonds. The highest BCUT2D eigenvalue weighted by atomic mass is 17.2. The zero-order valence-electron chi connectivity index (χ0n) is 23.8. The second-order valence-corrected chi connectivity index (χ2v) is 11.7. The van der Waals surface area contributed by atoms with Gasteiger partial charge in [-0.3, -0.25) is 0 Å². The number of aromatic nitrogens is 2. The highest BCUT2D eigenvalue weighted by Gasteiger charge is 2.22. The molecule has 2 aliphatic carbocycles. The van der Waals surface area contributed by atoms with Crippen molar-refractivity contribution in [2.75, 3.05) is 13.2 Å². The van der Waals surface area contributed by atoms with E-state index >= 15 is 0 Å². The second-order valence-electron chi connectivity index (χ2n) is 11.7. The number of benzene rings is 1. The van der Waals surface area contributed by atoms with Crippen molar-refractivity contribution in [2.24, 2.45) is 17.8 Å². The standard InChI is InChI=1S/C33H50N2O3/c1-2-3-8-13-27-19-21-29(22-20-27)26-37-38-32-16-11-10-15-31(32)33-34-24-30(25-35-33)36-23-12-7-5-4-6-9-14-28-17-18-28/h10-11,15-16,24-25,27-29H,2-9,12-14,17-23,26H2,1H3. The Hall–Kier alpha value is -2.14. The zero-order chi connectivity index (χ0) is 26.3. The maximum Gasteiger partial charge on any atom is 0.176 e. The lowest BCUT2D eigenvalue weighted by Gasteiger charge is -2.28. The molecule has 2 fully saturated rings. The molecular weight excluding hydrogens is 472 g/mol. The van der Waals surface area contributed by atoms with Gasteiger partial charge in [0.15, 0.2) is 17.3 Å². The quantitative estimate of drug-likeness (QED) is 0.104. The van der Waals surface area contributed by atoms with Gasteiger partial charge in [-0.25, -0.2) is 9.97 Å². The van der Waals surface area contributed by atoms with Crippen molar-refractivity contribution in [2.45, 2.75) is 116 Å². The summed E-state index contributed by atoms with van der Waals surface area (Å²) >= 11 is 0. The van der Waals surface area contributed by atoms with Gasteiger partial charge in [-0.1, -0.05) is 109 Å². The number of rotatable bonds is 19. The second kappa shape index (κ2) is 16.7. The molecule has 0 N–H and O–H groups in total. The van der Waals surface area contributed by atoms with Crippen LogP contribution in [0.4, 0.5) is 0 Å². The molecule has 0 unspecified atom stereocenters. The highest BCUT2D eigenvalue weighted by Crippen LogP contribution is 2.34. The van der Waals surface area contributed by atoms with Gasteiger partial charge in [0, 0.05) is 0 Å². The smallest absolute Gasteiger partial charge is 0.176 e. The largest absolute Gasteiger partial charge is 0.490 e. The fourth-order valence-electron chi connectivity index (χ4n) is 5.66. The van der Waals surface area contributed by atoms with Crippen molar-refractivity contribution in [1.82, 2.24) is 9.97 Å². The molecule has 210 valence electrons. The molecule has 0 saturated heterocycles. The van der Waals surface area contributed by atoms with Crippen LogP contribution in [0.15, 0.2) is 36.7 Å². The van der Waals surface area contributed by atoms with Gasteiger partial charge in [0.2, 0.25) is 0 Å². The topological polar surface area (TPSA) is 53.5 Å². The maximum atomic E-state index is 5.88. The summed E-state index contributed by atoms with van der Waals surface area (Å²) in [6, 6.07) is 7.82. The van der Waals surface area contributed by atoms with E-state index < -0.39 is 0 Å². The van der Waals surface area contributed by atoms with Crippen LogP contribution >= 0.6 is 0 Å². The monoisotopic (exact) mass is 522 g/mol. The molecule has 2 aliphatic rings. The van der Waals surface area contributed by atoms with Gasteiger partial charge in [-0.15, -0.1) is 0 Å². The van der Waals surface area contributed by atoms with Gasteiger partial charge in [0.25, 0.3) is 0 Å². The summed E-state index contributed by atoms with van der Waals surface area (Å²) in [7, 11) is 0. The molecule has 1 heterocycles. The Kier molecular flexibility index (Phi) is 12.7. The zero-order valence-corrected chi connectivity index (χ0v) is 23.8. The number of hydrogen-bond donors (Lipinski definition) is 0. The lowest BCUT2D eigenvalue weighted by molar-refractivity contribution is -0.218. The van der Waals surface area contributed by atoms with E-state index in [0.29, 0.717) is 24.1 Å². The lowest BCUT2D eigenvalue weighted by atomic mass is 9.80. The van der Waals surface area contributed by atoms with Crippen molar-refractivity contribution in [3.8, 4) is 22.9 Å². The average molecular weight is 523 g/mol. The van der Waals surface area contributed by atoms with Crippen molar-refractivity contribution in [1.29, 1.82) is 0 Å². The summed E-state index contributed by atoms with van der Waals surface area (Å²) in [6.45, 7) is 3.64. The van der Waals surface area contributed by atoms with E-state index in [1.165, 1.54) is 103 Å². The first kappa shape index (κ1) is 28.9. The van der Waals surface area contributed by atoms with Gasteiger partial charge in [-0.2, -0.15) is 4.89 Å². The van der Waals surface area contributed by atoms with Gasteiger partial charge in [-0.05, 0) is 49.1 Å². The van der Waals surface area contributed by atoms with Crippen LogP contribution in [0, 0.1) is 17.8 Å². The molecule has 0 spiro atoms. The number of hydrogen-bond acceptors (Lipinski definition) is 5. The van der Waals surface area contributed by atoms with E-state index in [-0.39, 0.29) is 0 Å². The summed E-state index contributed by atoms with van der Waals surface area (Å²) in [5.74, 6) is 4.57. The van der Waals surface area contributed by atoms with Crippen LogP contribution in [-0.4, -0.2) is 23.2 Å². The third-order valence-electron chi connectivity index (χ3n) is 8.36. The minimum atomic E-state index is 0.588. The molecule has 0 bridgehead atoms. The molecule has 2 aromatic rings. The molecule has 0 radical (unpaired) electrons. The summed E-state index contributed by atoms with van der Waals surface area (Å²) in [5, 5.41) is 0. The minimum absolute atomic E-state index is 0.588. The molecule has 4 rings (SSSR count). The van der Waals surface area contributed by atoms with Crippen molar-refractivity contribution in [3.05, 3.63) is 36.7 Å². The number of unbranched alkanes of at least 4 members (excludes halogenated alkanes) is 7. The Balaban J connectivity index is 1.11. The lowest BCUT2D eigenvalue weighted by Crippen LogP contribution is -2.19. The van der Waals surface area contributed by atoms with Crippen LogP contribution in [0.5, 0.6) is 11.5 Å². The fraction of sp³-hybridized carbons (Fsp3) is 0.697. The fourth-order valence-corrected chi connectivity index (χ4v) is 5.66. The first-order valence-corrected chi connectivity index (χ1v) is 15.7. The maximum absolute atomic E-state index is 5.88. The number of ether oxygens (including phenoxy) is 1. The van der Waals surface area contributed by atoms with Gasteiger partial charge in [0.05, 0.1) is 31.2 Å². The molecule has 38 heavy (non-hydrogen) atoms. The van der Waals surface area contributed by atoms with Crippen LogP contribution in [0.1, 0.15) is 116 Å². The summed E-state index contributed by atoms with van der Waals surface area (Å²) < 4.78 is 5.88. The molecule has 2 saturated carbocycles.